The molecule has 30 heavy (non-hydrogen) atoms. The summed E-state index contributed by atoms with van der Waals surface area (Å²) in [5, 5.41) is 14.9. The van der Waals surface area contributed by atoms with Crippen molar-refractivity contribution in [2.75, 3.05) is 16.8 Å². The molecule has 1 atom stereocenters. The summed E-state index contributed by atoms with van der Waals surface area (Å²) >= 11 is 2.89. The van der Waals surface area contributed by atoms with Crippen LogP contribution in [0, 0.1) is 6.92 Å². The number of hydrogen-bond acceptors (Lipinski definition) is 8. The summed E-state index contributed by atoms with van der Waals surface area (Å²) in [6, 6.07) is 5.60. The van der Waals surface area contributed by atoms with Crippen LogP contribution in [0.15, 0.2) is 23.6 Å². The van der Waals surface area contributed by atoms with Crippen LogP contribution in [-0.2, 0) is 16.0 Å². The fourth-order valence-corrected chi connectivity index (χ4v) is 4.47. The van der Waals surface area contributed by atoms with E-state index in [1.54, 1.807) is 11.3 Å². The van der Waals surface area contributed by atoms with Gasteiger partial charge in [0, 0.05) is 10.9 Å². The number of hydrogen-bond donors (Lipinski definition) is 1. The highest BCUT2D eigenvalue weighted by Crippen LogP contribution is 2.38. The highest BCUT2D eigenvalue weighted by molar-refractivity contribution is 7.15. The topological polar surface area (TPSA) is 97.3 Å². The molecule has 0 spiro atoms. The second-order valence-corrected chi connectivity index (χ2v) is 8.90. The summed E-state index contributed by atoms with van der Waals surface area (Å²) in [6.07, 6.45) is 0.644. The Morgan fingerprint density at radius 1 is 1.30 bits per heavy atom. The van der Waals surface area contributed by atoms with Gasteiger partial charge in [0.25, 0.3) is 5.91 Å². The molecule has 0 aliphatic carbocycles. The van der Waals surface area contributed by atoms with E-state index >= 15 is 0 Å². The van der Waals surface area contributed by atoms with Crippen molar-refractivity contribution in [3.8, 4) is 17.0 Å². The molecule has 8 nitrogen and oxygen atoms in total. The summed E-state index contributed by atoms with van der Waals surface area (Å²) in [5.74, 6) is 0.00664. The molecule has 10 heteroatoms. The van der Waals surface area contributed by atoms with Gasteiger partial charge in [-0.2, -0.15) is 0 Å². The number of nitrogens with zero attached hydrogens (tertiary/aromatic N) is 4. The first-order chi connectivity index (χ1) is 14.5. The number of nitrogens with one attached hydrogen (secondary N) is 1. The van der Waals surface area contributed by atoms with Crippen LogP contribution in [0.4, 0.5) is 10.8 Å². The first-order valence-electron chi connectivity index (χ1n) is 9.65. The Morgan fingerprint density at radius 2 is 2.13 bits per heavy atom. The molecule has 4 rings (SSSR count). The van der Waals surface area contributed by atoms with Crippen LogP contribution >= 0.6 is 22.7 Å². The van der Waals surface area contributed by atoms with Crippen LogP contribution in [0.3, 0.4) is 0 Å². The number of rotatable bonds is 6. The highest BCUT2D eigenvalue weighted by Gasteiger charge is 2.35. The van der Waals surface area contributed by atoms with Crippen molar-refractivity contribution in [2.24, 2.45) is 0 Å². The fraction of sp³-hybridized carbons (Fsp3) is 0.350. The monoisotopic (exact) mass is 443 g/mol. The molecule has 1 aliphatic heterocycles. The Labute approximate surface area is 181 Å². The van der Waals surface area contributed by atoms with Crippen molar-refractivity contribution in [3.05, 3.63) is 33.6 Å². The average molecular weight is 444 g/mol. The minimum atomic E-state index is -0.620. The zero-order chi connectivity index (χ0) is 21.3. The molecule has 1 aliphatic rings. The van der Waals surface area contributed by atoms with Crippen LogP contribution in [0.5, 0.6) is 5.75 Å². The first kappa shape index (κ1) is 20.4. The van der Waals surface area contributed by atoms with Crippen LogP contribution in [0.25, 0.3) is 11.3 Å². The maximum Gasteiger partial charge on any atom is 0.268 e. The van der Waals surface area contributed by atoms with Crippen LogP contribution in [0.2, 0.25) is 0 Å². The van der Waals surface area contributed by atoms with E-state index in [0.29, 0.717) is 23.0 Å². The van der Waals surface area contributed by atoms with Gasteiger partial charge in [0.2, 0.25) is 11.0 Å². The molecule has 0 saturated heterocycles. The number of aryl methyl sites for hydroxylation is 2. The Morgan fingerprint density at radius 3 is 2.80 bits per heavy atom. The minimum absolute atomic E-state index is 0.133. The van der Waals surface area contributed by atoms with Gasteiger partial charge in [0.1, 0.15) is 17.3 Å². The summed E-state index contributed by atoms with van der Waals surface area (Å²) in [4.78, 5) is 31.7. The number of aromatic nitrogens is 3. The summed E-state index contributed by atoms with van der Waals surface area (Å²) in [6.45, 7) is 5.67. The predicted molar refractivity (Wildman–Crippen MR) is 117 cm³/mol. The van der Waals surface area contributed by atoms with Crippen molar-refractivity contribution >= 4 is 45.3 Å². The second kappa shape index (κ2) is 8.49. The fourth-order valence-electron chi connectivity index (χ4n) is 3.15. The smallest absolute Gasteiger partial charge is 0.268 e. The molecular formula is C20H21N5O3S2. The number of carbonyl (C=O) groups is 2. The van der Waals surface area contributed by atoms with Gasteiger partial charge in [-0.15, -0.1) is 21.5 Å². The number of thiazole rings is 1. The third kappa shape index (κ3) is 4.05. The molecule has 0 saturated carbocycles. The molecular weight excluding hydrogens is 422 g/mol. The molecule has 2 aromatic heterocycles. The van der Waals surface area contributed by atoms with Crippen molar-refractivity contribution in [1.82, 2.24) is 15.2 Å². The van der Waals surface area contributed by atoms with E-state index in [-0.39, 0.29) is 18.4 Å². The average Bonchev–Trinajstić information content (AvgIpc) is 3.38. The Kier molecular flexibility index (Phi) is 5.78. The van der Waals surface area contributed by atoms with E-state index in [9.17, 15) is 9.59 Å². The predicted octanol–water partition coefficient (Wildman–Crippen LogP) is 3.68. The SMILES string of the molecule is CCc1nnc(NC(=O)CN2C(=O)C(CC)Oc3ccc(-c4csc(C)n4)cc32)s1. The minimum Gasteiger partial charge on any atom is -0.478 e. The van der Waals surface area contributed by atoms with E-state index in [1.807, 2.05) is 44.4 Å². The molecule has 1 aromatic carbocycles. The zero-order valence-corrected chi connectivity index (χ0v) is 18.5. The van der Waals surface area contributed by atoms with E-state index in [0.717, 1.165) is 27.7 Å². The van der Waals surface area contributed by atoms with Gasteiger partial charge in [0.15, 0.2) is 6.10 Å². The molecule has 156 valence electrons. The quantitative estimate of drug-likeness (QED) is 0.624. The van der Waals surface area contributed by atoms with Gasteiger partial charge in [-0.25, -0.2) is 4.98 Å². The number of anilines is 2. The Bertz CT molecular complexity index is 1090. The molecule has 3 aromatic rings. The normalized spacial score (nSPS) is 15.6. The molecule has 0 bridgehead atoms. The first-order valence-corrected chi connectivity index (χ1v) is 11.3. The summed E-state index contributed by atoms with van der Waals surface area (Å²) in [7, 11) is 0. The molecule has 2 amide bonds. The van der Waals surface area contributed by atoms with E-state index < -0.39 is 6.10 Å². The molecule has 0 radical (unpaired) electrons. The van der Waals surface area contributed by atoms with Gasteiger partial charge in [-0.05, 0) is 38.0 Å². The second-order valence-electron chi connectivity index (χ2n) is 6.78. The standard InChI is InChI=1S/C20H21N5O3S2/c1-4-15-19(27)25(9-17(26)22-20-24-23-18(5-2)30-20)14-8-12(6-7-16(14)28-15)13-10-29-11(3)21-13/h6-8,10,15H,4-5,9H2,1-3H3,(H,22,24,26). The lowest BCUT2D eigenvalue weighted by Gasteiger charge is -2.33. The van der Waals surface area contributed by atoms with Crippen molar-refractivity contribution in [3.63, 3.8) is 0 Å². The van der Waals surface area contributed by atoms with E-state index in [4.69, 9.17) is 4.74 Å². The Balaban J connectivity index is 1.62. The largest absolute Gasteiger partial charge is 0.478 e. The van der Waals surface area contributed by atoms with E-state index in [1.165, 1.54) is 16.2 Å². The highest BCUT2D eigenvalue weighted by atomic mass is 32.1. The number of benzene rings is 1. The lowest BCUT2D eigenvalue weighted by molar-refractivity contribution is -0.128. The number of ether oxygens (including phenoxy) is 1. The van der Waals surface area contributed by atoms with Gasteiger partial charge < -0.3 is 4.74 Å². The molecule has 3 heterocycles. The van der Waals surface area contributed by atoms with E-state index in [2.05, 4.69) is 20.5 Å². The zero-order valence-electron chi connectivity index (χ0n) is 16.8. The maximum absolute atomic E-state index is 13.0. The molecule has 1 N–H and O–H groups in total. The lowest BCUT2D eigenvalue weighted by atomic mass is 10.1. The third-order valence-corrected chi connectivity index (χ3v) is 6.42. The summed E-state index contributed by atoms with van der Waals surface area (Å²) < 4.78 is 5.88. The van der Waals surface area contributed by atoms with Crippen molar-refractivity contribution in [1.29, 1.82) is 0 Å². The van der Waals surface area contributed by atoms with Crippen molar-refractivity contribution in [2.45, 2.75) is 39.7 Å². The number of carbonyl (C=O) groups excluding carboxylic acids is 2. The van der Waals surface area contributed by atoms with Gasteiger partial charge >= 0.3 is 0 Å². The van der Waals surface area contributed by atoms with Crippen LogP contribution in [0.1, 0.15) is 30.3 Å². The molecule has 1 unspecified atom stereocenters. The Hall–Kier alpha value is -2.85. The van der Waals surface area contributed by atoms with Gasteiger partial charge in [-0.1, -0.05) is 25.2 Å². The van der Waals surface area contributed by atoms with Gasteiger partial charge in [-0.3, -0.25) is 19.8 Å². The van der Waals surface area contributed by atoms with Crippen LogP contribution < -0.4 is 15.0 Å². The third-order valence-electron chi connectivity index (χ3n) is 4.66. The van der Waals surface area contributed by atoms with Crippen molar-refractivity contribution < 1.29 is 14.3 Å². The number of fused-ring (bicyclic) bond motifs is 1. The molecule has 0 fully saturated rings. The van der Waals surface area contributed by atoms with Gasteiger partial charge in [0.05, 0.1) is 16.4 Å². The number of amides is 2. The lowest BCUT2D eigenvalue weighted by Crippen LogP contribution is -2.48. The summed E-state index contributed by atoms with van der Waals surface area (Å²) in [5.41, 5.74) is 2.26. The van der Waals surface area contributed by atoms with Crippen LogP contribution in [-0.4, -0.2) is 39.6 Å². The maximum atomic E-state index is 13.0.